The first-order chi connectivity index (χ1) is 8.83. The molecule has 2 aliphatic rings. The molecule has 1 saturated carbocycles. The molecule has 1 aliphatic heterocycles. The van der Waals surface area contributed by atoms with Crippen molar-refractivity contribution in [1.82, 2.24) is 0 Å². The zero-order valence-electron chi connectivity index (χ0n) is 11.2. The summed E-state index contributed by atoms with van der Waals surface area (Å²) in [5.41, 5.74) is 2.57. The molecule has 1 aliphatic carbocycles. The predicted molar refractivity (Wildman–Crippen MR) is 72.7 cm³/mol. The van der Waals surface area contributed by atoms with Crippen LogP contribution in [0.25, 0.3) is 0 Å². The van der Waals surface area contributed by atoms with Gasteiger partial charge < -0.3 is 14.8 Å². The molecule has 1 aromatic carbocycles. The van der Waals surface area contributed by atoms with Crippen LogP contribution in [0.3, 0.4) is 0 Å². The van der Waals surface area contributed by atoms with E-state index in [4.69, 9.17) is 9.47 Å². The SMILES string of the molecule is COc1cc2c(c(OC)c1)C1CCCCC1CN2. The molecule has 0 amide bonds. The zero-order chi connectivity index (χ0) is 12.5. The number of benzene rings is 1. The van der Waals surface area contributed by atoms with Crippen LogP contribution in [0.4, 0.5) is 5.69 Å². The normalized spacial score (nSPS) is 25.7. The molecule has 1 fully saturated rings. The first kappa shape index (κ1) is 11.7. The summed E-state index contributed by atoms with van der Waals surface area (Å²) in [4.78, 5) is 0. The van der Waals surface area contributed by atoms with Crippen molar-refractivity contribution >= 4 is 5.69 Å². The van der Waals surface area contributed by atoms with Crippen molar-refractivity contribution in [1.29, 1.82) is 0 Å². The van der Waals surface area contributed by atoms with E-state index in [1.54, 1.807) is 14.2 Å². The van der Waals surface area contributed by atoms with E-state index in [0.717, 1.165) is 24.0 Å². The fourth-order valence-corrected chi connectivity index (χ4v) is 3.49. The van der Waals surface area contributed by atoms with E-state index in [2.05, 4.69) is 11.4 Å². The van der Waals surface area contributed by atoms with Crippen molar-refractivity contribution in [3.8, 4) is 11.5 Å². The summed E-state index contributed by atoms with van der Waals surface area (Å²) in [6.07, 6.45) is 5.35. The van der Waals surface area contributed by atoms with E-state index >= 15 is 0 Å². The van der Waals surface area contributed by atoms with Crippen molar-refractivity contribution in [3.05, 3.63) is 17.7 Å². The molecule has 1 N–H and O–H groups in total. The first-order valence-corrected chi connectivity index (χ1v) is 6.83. The Labute approximate surface area is 108 Å². The van der Waals surface area contributed by atoms with E-state index in [1.807, 2.05) is 6.07 Å². The Kier molecular flexibility index (Phi) is 3.06. The minimum atomic E-state index is 0.663. The maximum absolute atomic E-state index is 5.58. The van der Waals surface area contributed by atoms with Gasteiger partial charge in [0.15, 0.2) is 0 Å². The van der Waals surface area contributed by atoms with Crippen molar-refractivity contribution in [2.75, 3.05) is 26.1 Å². The van der Waals surface area contributed by atoms with Gasteiger partial charge in [0, 0.05) is 29.9 Å². The molecule has 98 valence electrons. The molecule has 0 aromatic heterocycles. The van der Waals surface area contributed by atoms with E-state index in [-0.39, 0.29) is 0 Å². The third-order valence-corrected chi connectivity index (χ3v) is 4.41. The number of nitrogens with one attached hydrogen (secondary N) is 1. The lowest BCUT2D eigenvalue weighted by atomic mass is 9.72. The molecule has 3 heteroatoms. The molecular formula is C15H21NO2. The highest BCUT2D eigenvalue weighted by molar-refractivity contribution is 5.65. The van der Waals surface area contributed by atoms with Crippen LogP contribution >= 0.6 is 0 Å². The van der Waals surface area contributed by atoms with Gasteiger partial charge in [-0.05, 0) is 24.7 Å². The highest BCUT2D eigenvalue weighted by Crippen LogP contribution is 2.48. The Bertz CT molecular complexity index is 427. The van der Waals surface area contributed by atoms with E-state index in [1.165, 1.54) is 36.9 Å². The minimum Gasteiger partial charge on any atom is -0.497 e. The molecule has 3 nitrogen and oxygen atoms in total. The molecule has 2 unspecified atom stereocenters. The Morgan fingerprint density at radius 3 is 2.72 bits per heavy atom. The number of hydrogen-bond acceptors (Lipinski definition) is 3. The van der Waals surface area contributed by atoms with E-state index in [9.17, 15) is 0 Å². The van der Waals surface area contributed by atoms with E-state index < -0.39 is 0 Å². The summed E-state index contributed by atoms with van der Waals surface area (Å²) < 4.78 is 10.9. The number of methoxy groups -OCH3 is 2. The molecule has 0 spiro atoms. The number of anilines is 1. The Balaban J connectivity index is 2.06. The summed E-state index contributed by atoms with van der Waals surface area (Å²) >= 11 is 0. The zero-order valence-corrected chi connectivity index (χ0v) is 11.2. The van der Waals surface area contributed by atoms with Crippen molar-refractivity contribution in [2.24, 2.45) is 5.92 Å². The molecule has 1 aromatic rings. The van der Waals surface area contributed by atoms with Gasteiger partial charge in [0.1, 0.15) is 11.5 Å². The lowest BCUT2D eigenvalue weighted by Gasteiger charge is -2.38. The van der Waals surface area contributed by atoms with Gasteiger partial charge in [-0.15, -0.1) is 0 Å². The number of rotatable bonds is 2. The Morgan fingerprint density at radius 2 is 1.94 bits per heavy atom. The maximum Gasteiger partial charge on any atom is 0.128 e. The standard InChI is InChI=1S/C15H21NO2/c1-17-11-7-13-15(14(8-11)18-2)12-6-4-3-5-10(12)9-16-13/h7-8,10,12,16H,3-6,9H2,1-2H3. The fraction of sp³-hybridized carbons (Fsp3) is 0.600. The topological polar surface area (TPSA) is 30.5 Å². The average molecular weight is 247 g/mol. The Hall–Kier alpha value is -1.38. The highest BCUT2D eigenvalue weighted by atomic mass is 16.5. The van der Waals surface area contributed by atoms with Gasteiger partial charge in [0.25, 0.3) is 0 Å². The van der Waals surface area contributed by atoms with Gasteiger partial charge in [0.2, 0.25) is 0 Å². The second-order valence-corrected chi connectivity index (χ2v) is 5.32. The number of ether oxygens (including phenoxy) is 2. The monoisotopic (exact) mass is 247 g/mol. The lowest BCUT2D eigenvalue weighted by molar-refractivity contribution is 0.301. The quantitative estimate of drug-likeness (QED) is 0.868. The summed E-state index contributed by atoms with van der Waals surface area (Å²) in [6.45, 7) is 1.09. The molecule has 0 radical (unpaired) electrons. The van der Waals surface area contributed by atoms with Gasteiger partial charge >= 0.3 is 0 Å². The summed E-state index contributed by atoms with van der Waals surface area (Å²) in [5, 5.41) is 3.55. The highest BCUT2D eigenvalue weighted by Gasteiger charge is 2.34. The molecule has 0 bridgehead atoms. The summed E-state index contributed by atoms with van der Waals surface area (Å²) in [6, 6.07) is 4.11. The fourth-order valence-electron chi connectivity index (χ4n) is 3.49. The lowest BCUT2D eigenvalue weighted by Crippen LogP contribution is -2.30. The van der Waals surface area contributed by atoms with Crippen LogP contribution in [0.2, 0.25) is 0 Å². The number of fused-ring (bicyclic) bond motifs is 3. The molecule has 3 rings (SSSR count). The van der Waals surface area contributed by atoms with Crippen LogP contribution < -0.4 is 14.8 Å². The van der Waals surface area contributed by atoms with Gasteiger partial charge in [0.05, 0.1) is 14.2 Å². The van der Waals surface area contributed by atoms with Crippen LogP contribution in [0.15, 0.2) is 12.1 Å². The first-order valence-electron chi connectivity index (χ1n) is 6.83. The summed E-state index contributed by atoms with van der Waals surface area (Å²) in [5.74, 6) is 3.28. The van der Waals surface area contributed by atoms with Crippen LogP contribution in [0.5, 0.6) is 11.5 Å². The molecule has 18 heavy (non-hydrogen) atoms. The molecule has 1 heterocycles. The molecule has 0 saturated heterocycles. The second kappa shape index (κ2) is 4.71. The van der Waals surface area contributed by atoms with Crippen LogP contribution in [0, 0.1) is 5.92 Å². The number of hydrogen-bond donors (Lipinski definition) is 1. The predicted octanol–water partition coefficient (Wildman–Crippen LogP) is 3.40. The van der Waals surface area contributed by atoms with E-state index in [0.29, 0.717) is 5.92 Å². The van der Waals surface area contributed by atoms with Crippen LogP contribution in [-0.2, 0) is 0 Å². The smallest absolute Gasteiger partial charge is 0.128 e. The minimum absolute atomic E-state index is 0.663. The van der Waals surface area contributed by atoms with Crippen molar-refractivity contribution in [3.63, 3.8) is 0 Å². The van der Waals surface area contributed by atoms with Crippen molar-refractivity contribution < 1.29 is 9.47 Å². The van der Waals surface area contributed by atoms with Crippen LogP contribution in [-0.4, -0.2) is 20.8 Å². The third kappa shape index (κ3) is 1.82. The van der Waals surface area contributed by atoms with Gasteiger partial charge in [-0.25, -0.2) is 0 Å². The molecular weight excluding hydrogens is 226 g/mol. The summed E-state index contributed by atoms with van der Waals surface area (Å²) in [7, 11) is 3.45. The molecule has 2 atom stereocenters. The van der Waals surface area contributed by atoms with Crippen molar-refractivity contribution in [2.45, 2.75) is 31.6 Å². The largest absolute Gasteiger partial charge is 0.497 e. The van der Waals surface area contributed by atoms with Gasteiger partial charge in [-0.3, -0.25) is 0 Å². The van der Waals surface area contributed by atoms with Crippen LogP contribution in [0.1, 0.15) is 37.2 Å². The maximum atomic E-state index is 5.58. The average Bonchev–Trinajstić information content (AvgIpc) is 2.45. The van der Waals surface area contributed by atoms with Gasteiger partial charge in [-0.2, -0.15) is 0 Å². The second-order valence-electron chi connectivity index (χ2n) is 5.32. The third-order valence-electron chi connectivity index (χ3n) is 4.41. The Morgan fingerprint density at radius 1 is 1.11 bits per heavy atom. The van der Waals surface area contributed by atoms with Gasteiger partial charge in [-0.1, -0.05) is 12.8 Å².